The number of nitrogens with zero attached hydrogens (tertiary/aromatic N) is 3. The number of anilines is 1. The normalized spacial score (nSPS) is 19.4. The lowest BCUT2D eigenvalue weighted by Gasteiger charge is -2.23. The number of thioether (sulfide) groups is 1. The largest absolute Gasteiger partial charge is 0.416 e. The van der Waals surface area contributed by atoms with Gasteiger partial charge in [-0.25, -0.2) is 5.01 Å². The third kappa shape index (κ3) is 5.76. The molecule has 2 amide bonds. The summed E-state index contributed by atoms with van der Waals surface area (Å²) in [5.41, 5.74) is 1.83. The monoisotopic (exact) mass is 556 g/mol. The maximum atomic E-state index is 13.0. The molecule has 2 heterocycles. The summed E-state index contributed by atoms with van der Waals surface area (Å²) in [6.45, 7) is 0. The Morgan fingerprint density at radius 1 is 1.05 bits per heavy atom. The highest BCUT2D eigenvalue weighted by Gasteiger charge is 2.39. The second-order valence-corrected chi connectivity index (χ2v) is 10.3. The van der Waals surface area contributed by atoms with Crippen LogP contribution in [-0.4, -0.2) is 33.0 Å². The fourth-order valence-electron chi connectivity index (χ4n) is 4.19. The van der Waals surface area contributed by atoms with Gasteiger partial charge in [-0.1, -0.05) is 71.9 Å². The molecule has 5 rings (SSSR count). The van der Waals surface area contributed by atoms with Crippen LogP contribution in [0.25, 0.3) is 0 Å². The van der Waals surface area contributed by atoms with E-state index in [0.717, 1.165) is 40.7 Å². The van der Waals surface area contributed by atoms with E-state index in [2.05, 4.69) is 10.3 Å². The van der Waals surface area contributed by atoms with Gasteiger partial charge in [0.05, 0.1) is 17.3 Å². The number of rotatable bonds is 5. The zero-order valence-corrected chi connectivity index (χ0v) is 21.2. The topological polar surface area (TPSA) is 74.1 Å². The van der Waals surface area contributed by atoms with Gasteiger partial charge in [0.15, 0.2) is 5.17 Å². The molecule has 0 radical (unpaired) electrons. The van der Waals surface area contributed by atoms with Crippen molar-refractivity contribution >= 4 is 51.7 Å². The van der Waals surface area contributed by atoms with Crippen molar-refractivity contribution < 1.29 is 22.8 Å². The van der Waals surface area contributed by atoms with E-state index in [4.69, 9.17) is 16.7 Å². The molecule has 0 aliphatic carbocycles. The lowest BCUT2D eigenvalue weighted by molar-refractivity contribution is -0.137. The molecular weight excluding hydrogens is 537 g/mol. The van der Waals surface area contributed by atoms with Gasteiger partial charge in [-0.05, 0) is 41.5 Å². The summed E-state index contributed by atoms with van der Waals surface area (Å²) in [6.07, 6.45) is -4.21. The average Bonchev–Trinajstić information content (AvgIpc) is 3.49. The molecule has 0 saturated heterocycles. The number of carbonyl (C=O) groups is 2. The van der Waals surface area contributed by atoms with Crippen LogP contribution in [0.3, 0.4) is 0 Å². The molecule has 38 heavy (non-hydrogen) atoms. The van der Waals surface area contributed by atoms with Crippen molar-refractivity contribution in [3.63, 3.8) is 0 Å². The number of hydrogen-bond acceptors (Lipinski definition) is 5. The van der Waals surface area contributed by atoms with Crippen LogP contribution in [-0.2, 0) is 15.8 Å². The van der Waals surface area contributed by atoms with Crippen molar-refractivity contribution in [2.24, 2.45) is 10.1 Å². The average molecular weight is 557 g/mol. The van der Waals surface area contributed by atoms with Gasteiger partial charge in [0, 0.05) is 23.6 Å². The molecule has 11 heteroatoms. The van der Waals surface area contributed by atoms with Crippen molar-refractivity contribution in [1.82, 2.24) is 5.01 Å². The number of benzene rings is 3. The van der Waals surface area contributed by atoms with E-state index >= 15 is 0 Å². The number of amides is 2. The summed E-state index contributed by atoms with van der Waals surface area (Å²) in [7, 11) is 0. The Labute approximate surface area is 225 Å². The Morgan fingerprint density at radius 3 is 2.50 bits per heavy atom. The van der Waals surface area contributed by atoms with Crippen molar-refractivity contribution in [1.29, 1.82) is 0 Å². The summed E-state index contributed by atoms with van der Waals surface area (Å²) >= 11 is 7.19. The van der Waals surface area contributed by atoms with Crippen LogP contribution in [0.4, 0.5) is 18.9 Å². The number of alkyl halides is 3. The molecule has 2 aliphatic heterocycles. The standard InChI is InChI=1S/C27H20ClF3N4O2S/c28-19-11-9-17(10-12-19)22-14-21(16-5-2-1-3-6-16)34-35(22)26-33-25(37)23(38-26)15-24(36)32-20-8-4-7-18(13-20)27(29,30)31/h1-13,22-23H,14-15H2,(H,32,36). The van der Waals surface area contributed by atoms with Crippen LogP contribution in [0.5, 0.6) is 0 Å². The minimum absolute atomic E-state index is 0.000797. The first-order chi connectivity index (χ1) is 18.2. The number of hydrazone groups is 1. The summed E-state index contributed by atoms with van der Waals surface area (Å²) in [5, 5.41) is 9.05. The van der Waals surface area contributed by atoms with E-state index in [1.165, 1.54) is 12.1 Å². The summed E-state index contributed by atoms with van der Waals surface area (Å²) < 4.78 is 39.0. The summed E-state index contributed by atoms with van der Waals surface area (Å²) in [4.78, 5) is 29.5. The van der Waals surface area contributed by atoms with Crippen LogP contribution in [0.15, 0.2) is 89.0 Å². The molecular formula is C27H20ClF3N4O2S. The van der Waals surface area contributed by atoms with Crippen molar-refractivity contribution in [3.05, 3.63) is 101 Å². The van der Waals surface area contributed by atoms with Gasteiger partial charge in [-0.15, -0.1) is 0 Å². The van der Waals surface area contributed by atoms with Crippen LogP contribution in [0.2, 0.25) is 5.02 Å². The zero-order valence-electron chi connectivity index (χ0n) is 19.7. The number of carbonyl (C=O) groups excluding carboxylic acids is 2. The first kappa shape index (κ1) is 26.0. The zero-order chi connectivity index (χ0) is 26.9. The number of hydrogen-bond donors (Lipinski definition) is 1. The van der Waals surface area contributed by atoms with Crippen LogP contribution in [0.1, 0.15) is 35.6 Å². The highest BCUT2D eigenvalue weighted by molar-refractivity contribution is 8.15. The Hall–Kier alpha value is -3.63. The van der Waals surface area contributed by atoms with Gasteiger partial charge < -0.3 is 5.32 Å². The predicted molar refractivity (Wildman–Crippen MR) is 142 cm³/mol. The smallest absolute Gasteiger partial charge is 0.326 e. The summed E-state index contributed by atoms with van der Waals surface area (Å²) in [6, 6.07) is 21.1. The fraction of sp³-hybridized carbons (Fsp3) is 0.185. The quantitative estimate of drug-likeness (QED) is 0.387. The minimum atomic E-state index is -4.53. The third-order valence-electron chi connectivity index (χ3n) is 6.04. The lowest BCUT2D eigenvalue weighted by atomic mass is 9.99. The molecule has 0 aromatic heterocycles. The molecule has 2 unspecified atom stereocenters. The fourth-order valence-corrected chi connectivity index (χ4v) is 5.38. The first-order valence-corrected chi connectivity index (χ1v) is 12.9. The van der Waals surface area contributed by atoms with E-state index in [1.807, 2.05) is 42.5 Å². The highest BCUT2D eigenvalue weighted by Crippen LogP contribution is 2.39. The maximum Gasteiger partial charge on any atom is 0.416 e. The van der Waals surface area contributed by atoms with E-state index in [9.17, 15) is 22.8 Å². The predicted octanol–water partition coefficient (Wildman–Crippen LogP) is 6.54. The van der Waals surface area contributed by atoms with Crippen LogP contribution >= 0.6 is 23.4 Å². The third-order valence-corrected chi connectivity index (χ3v) is 7.44. The Balaban J connectivity index is 1.32. The molecule has 194 valence electrons. The molecule has 0 bridgehead atoms. The number of halogens is 4. The van der Waals surface area contributed by atoms with Crippen LogP contribution < -0.4 is 5.32 Å². The first-order valence-electron chi connectivity index (χ1n) is 11.6. The second-order valence-electron chi connectivity index (χ2n) is 8.70. The molecule has 0 saturated carbocycles. The van der Waals surface area contributed by atoms with Gasteiger partial charge >= 0.3 is 6.18 Å². The van der Waals surface area contributed by atoms with E-state index in [1.54, 1.807) is 17.1 Å². The van der Waals surface area contributed by atoms with Gasteiger partial charge in [-0.3, -0.25) is 9.59 Å². The SMILES string of the molecule is O=C(CC1SC(N2N=C(c3ccccc3)CC2c2ccc(Cl)cc2)=NC1=O)Nc1cccc(C(F)(F)F)c1. The van der Waals surface area contributed by atoms with Crippen LogP contribution in [0, 0.1) is 0 Å². The van der Waals surface area contributed by atoms with Gasteiger partial charge in [-0.2, -0.15) is 23.3 Å². The molecule has 3 aromatic rings. The Bertz CT molecular complexity index is 1430. The molecule has 6 nitrogen and oxygen atoms in total. The second kappa shape index (κ2) is 10.6. The molecule has 0 spiro atoms. The Morgan fingerprint density at radius 2 is 1.79 bits per heavy atom. The van der Waals surface area contributed by atoms with Gasteiger partial charge in [0.2, 0.25) is 5.91 Å². The maximum absolute atomic E-state index is 13.0. The van der Waals surface area contributed by atoms with Gasteiger partial charge in [0.1, 0.15) is 5.25 Å². The lowest BCUT2D eigenvalue weighted by Crippen LogP contribution is -2.25. The van der Waals surface area contributed by atoms with Gasteiger partial charge in [0.25, 0.3) is 5.91 Å². The number of amidine groups is 1. The number of aliphatic imine (C=N–C) groups is 1. The molecule has 2 aliphatic rings. The highest BCUT2D eigenvalue weighted by atomic mass is 35.5. The number of nitrogens with one attached hydrogen (secondary N) is 1. The van der Waals surface area contributed by atoms with E-state index < -0.39 is 28.8 Å². The Kier molecular flexibility index (Phi) is 7.27. The molecule has 3 aromatic carbocycles. The van der Waals surface area contributed by atoms with Crippen molar-refractivity contribution in [2.45, 2.75) is 30.3 Å². The van der Waals surface area contributed by atoms with E-state index in [-0.39, 0.29) is 18.2 Å². The molecule has 1 N–H and O–H groups in total. The molecule has 2 atom stereocenters. The van der Waals surface area contributed by atoms with Crippen molar-refractivity contribution in [2.75, 3.05) is 5.32 Å². The van der Waals surface area contributed by atoms with Crippen molar-refractivity contribution in [3.8, 4) is 0 Å². The molecule has 0 fully saturated rings. The van der Waals surface area contributed by atoms with E-state index in [0.29, 0.717) is 16.6 Å². The minimum Gasteiger partial charge on any atom is -0.326 e. The summed E-state index contributed by atoms with van der Waals surface area (Å²) in [5.74, 6) is -1.09.